The number of ether oxygens (including phenoxy) is 1. The van der Waals surface area contributed by atoms with Crippen molar-refractivity contribution in [1.29, 1.82) is 0 Å². The number of hydrogen-bond acceptors (Lipinski definition) is 5. The number of carbonyl (C=O) groups is 1. The van der Waals surface area contributed by atoms with E-state index in [4.69, 9.17) is 8.92 Å². The van der Waals surface area contributed by atoms with Crippen molar-refractivity contribution in [3.05, 3.63) is 94.2 Å². The molecule has 0 spiro atoms. The van der Waals surface area contributed by atoms with Crippen LogP contribution in [0.15, 0.2) is 87.9 Å². The Balaban J connectivity index is 1.60. The van der Waals surface area contributed by atoms with Crippen molar-refractivity contribution in [2.45, 2.75) is 4.90 Å². The van der Waals surface area contributed by atoms with Crippen LogP contribution in [0.5, 0.6) is 11.5 Å². The van der Waals surface area contributed by atoms with Gasteiger partial charge in [0.2, 0.25) is 5.78 Å². The maximum absolute atomic E-state index is 12.5. The third-order valence-corrected chi connectivity index (χ3v) is 5.84. The van der Waals surface area contributed by atoms with E-state index in [2.05, 4.69) is 15.9 Å². The molecule has 1 aliphatic rings. The summed E-state index contributed by atoms with van der Waals surface area (Å²) >= 11 is 3.26. The molecule has 0 saturated heterocycles. The van der Waals surface area contributed by atoms with E-state index in [1.807, 2.05) is 30.3 Å². The SMILES string of the molecule is O=C1/C(=C/c2ccccc2)Oc2cc(OS(=O)(=O)c3ccc(Br)cc3)ccc21. The van der Waals surface area contributed by atoms with Crippen molar-refractivity contribution in [3.63, 3.8) is 0 Å². The molecule has 0 radical (unpaired) electrons. The largest absolute Gasteiger partial charge is 0.452 e. The van der Waals surface area contributed by atoms with E-state index in [1.54, 1.807) is 18.2 Å². The maximum atomic E-state index is 12.5. The lowest BCUT2D eigenvalue weighted by atomic mass is 10.1. The first-order chi connectivity index (χ1) is 13.4. The van der Waals surface area contributed by atoms with Crippen LogP contribution in [-0.4, -0.2) is 14.2 Å². The predicted octanol–water partition coefficient (Wildman–Crippen LogP) is 4.83. The molecule has 0 N–H and O–H groups in total. The van der Waals surface area contributed by atoms with Gasteiger partial charge in [0.1, 0.15) is 16.4 Å². The molecule has 3 aromatic carbocycles. The zero-order chi connectivity index (χ0) is 19.7. The van der Waals surface area contributed by atoms with Gasteiger partial charge in [0.15, 0.2) is 5.76 Å². The van der Waals surface area contributed by atoms with E-state index in [0.717, 1.165) is 10.0 Å². The van der Waals surface area contributed by atoms with Gasteiger partial charge in [-0.25, -0.2) is 0 Å². The fourth-order valence-electron chi connectivity index (χ4n) is 2.70. The zero-order valence-electron chi connectivity index (χ0n) is 14.3. The first-order valence-corrected chi connectivity index (χ1v) is 10.5. The van der Waals surface area contributed by atoms with Crippen molar-refractivity contribution >= 4 is 37.9 Å². The van der Waals surface area contributed by atoms with Gasteiger partial charge in [0.05, 0.1) is 5.56 Å². The summed E-state index contributed by atoms with van der Waals surface area (Å²) in [6.07, 6.45) is 1.64. The van der Waals surface area contributed by atoms with Gasteiger partial charge >= 0.3 is 10.1 Å². The molecular weight excluding hydrogens is 444 g/mol. The van der Waals surface area contributed by atoms with E-state index >= 15 is 0 Å². The summed E-state index contributed by atoms with van der Waals surface area (Å²) in [6.45, 7) is 0. The molecule has 1 heterocycles. The Labute approximate surface area is 170 Å². The van der Waals surface area contributed by atoms with Crippen LogP contribution < -0.4 is 8.92 Å². The van der Waals surface area contributed by atoms with Gasteiger partial charge in [0, 0.05) is 10.5 Å². The molecule has 28 heavy (non-hydrogen) atoms. The second kappa shape index (κ2) is 7.26. The summed E-state index contributed by atoms with van der Waals surface area (Å²) in [6, 6.07) is 19.7. The zero-order valence-corrected chi connectivity index (χ0v) is 16.7. The normalized spacial score (nSPS) is 14.6. The molecule has 0 bridgehead atoms. The second-order valence-electron chi connectivity index (χ2n) is 6.00. The van der Waals surface area contributed by atoms with Crippen LogP contribution in [0.1, 0.15) is 15.9 Å². The van der Waals surface area contributed by atoms with Crippen molar-refractivity contribution in [2.75, 3.05) is 0 Å². The number of ketones is 1. The molecule has 4 rings (SSSR count). The Morgan fingerprint density at radius 2 is 1.64 bits per heavy atom. The van der Waals surface area contributed by atoms with Gasteiger partial charge in [-0.1, -0.05) is 46.3 Å². The molecule has 0 unspecified atom stereocenters. The van der Waals surface area contributed by atoms with Crippen LogP contribution in [0, 0.1) is 0 Å². The van der Waals surface area contributed by atoms with Crippen molar-refractivity contribution in [1.82, 2.24) is 0 Å². The molecule has 0 amide bonds. The molecule has 7 heteroatoms. The van der Waals surface area contributed by atoms with Crippen LogP contribution >= 0.6 is 15.9 Å². The first-order valence-electron chi connectivity index (χ1n) is 8.26. The minimum atomic E-state index is -4.00. The van der Waals surface area contributed by atoms with E-state index in [1.165, 1.54) is 30.3 Å². The van der Waals surface area contributed by atoms with Crippen LogP contribution in [-0.2, 0) is 10.1 Å². The highest BCUT2D eigenvalue weighted by molar-refractivity contribution is 9.10. The van der Waals surface area contributed by atoms with Gasteiger partial charge in [-0.3, -0.25) is 4.79 Å². The molecular formula is C21H13BrO5S. The second-order valence-corrected chi connectivity index (χ2v) is 8.46. The van der Waals surface area contributed by atoms with Crippen LogP contribution in [0.2, 0.25) is 0 Å². The smallest absolute Gasteiger partial charge is 0.339 e. The molecule has 140 valence electrons. The van der Waals surface area contributed by atoms with Gasteiger partial charge in [-0.15, -0.1) is 0 Å². The fraction of sp³-hybridized carbons (Fsp3) is 0. The van der Waals surface area contributed by atoms with Gasteiger partial charge in [-0.2, -0.15) is 8.42 Å². The fourth-order valence-corrected chi connectivity index (χ4v) is 3.88. The number of fused-ring (bicyclic) bond motifs is 1. The highest BCUT2D eigenvalue weighted by atomic mass is 79.9. The van der Waals surface area contributed by atoms with E-state index in [0.29, 0.717) is 5.56 Å². The Morgan fingerprint density at radius 1 is 0.929 bits per heavy atom. The average molecular weight is 457 g/mol. The minimum Gasteiger partial charge on any atom is -0.452 e. The molecule has 0 aliphatic carbocycles. The molecule has 0 atom stereocenters. The lowest BCUT2D eigenvalue weighted by molar-refractivity contribution is 0.101. The summed E-state index contributed by atoms with van der Waals surface area (Å²) in [5.41, 5.74) is 1.18. The van der Waals surface area contributed by atoms with E-state index in [9.17, 15) is 13.2 Å². The van der Waals surface area contributed by atoms with Crippen LogP contribution in [0.4, 0.5) is 0 Å². The van der Waals surface area contributed by atoms with E-state index < -0.39 is 10.1 Å². The van der Waals surface area contributed by atoms with Gasteiger partial charge in [0.25, 0.3) is 0 Å². The Hall–Kier alpha value is -2.90. The number of benzene rings is 3. The standard InChI is InChI=1S/C21H13BrO5S/c22-15-6-9-17(10-7-15)28(24,25)27-16-8-11-18-19(13-16)26-20(21(18)23)12-14-4-2-1-3-5-14/h1-13H/b20-12-. The number of Topliss-reactive ketones (excluding diaryl/α,β-unsaturated/α-hetero) is 1. The lowest BCUT2D eigenvalue weighted by Crippen LogP contribution is -2.09. The Kier molecular flexibility index (Phi) is 4.78. The number of carbonyl (C=O) groups excluding carboxylic acids is 1. The summed E-state index contributed by atoms with van der Waals surface area (Å²) in [5.74, 6) is 0.237. The Bertz CT molecular complexity index is 1180. The summed E-state index contributed by atoms with van der Waals surface area (Å²) < 4.78 is 36.4. The Morgan fingerprint density at radius 3 is 2.36 bits per heavy atom. The summed E-state index contributed by atoms with van der Waals surface area (Å²) in [4.78, 5) is 12.5. The number of allylic oxidation sites excluding steroid dienone is 1. The highest BCUT2D eigenvalue weighted by Crippen LogP contribution is 2.35. The number of hydrogen-bond donors (Lipinski definition) is 0. The monoisotopic (exact) mass is 456 g/mol. The first kappa shape index (κ1) is 18.5. The molecule has 0 saturated carbocycles. The minimum absolute atomic E-state index is 0.0258. The third-order valence-electron chi connectivity index (χ3n) is 4.05. The quantitative estimate of drug-likeness (QED) is 0.415. The van der Waals surface area contributed by atoms with Crippen molar-refractivity contribution in [3.8, 4) is 11.5 Å². The van der Waals surface area contributed by atoms with Gasteiger partial charge in [-0.05, 0) is 48.0 Å². The molecule has 5 nitrogen and oxygen atoms in total. The topological polar surface area (TPSA) is 69.7 Å². The molecule has 3 aromatic rings. The van der Waals surface area contributed by atoms with Crippen LogP contribution in [0.3, 0.4) is 0 Å². The van der Waals surface area contributed by atoms with Crippen LogP contribution in [0.25, 0.3) is 6.08 Å². The van der Waals surface area contributed by atoms with Crippen molar-refractivity contribution < 1.29 is 22.1 Å². The summed E-state index contributed by atoms with van der Waals surface area (Å²) in [7, 11) is -4.00. The maximum Gasteiger partial charge on any atom is 0.339 e. The lowest BCUT2D eigenvalue weighted by Gasteiger charge is -2.08. The number of halogens is 1. The molecule has 1 aliphatic heterocycles. The van der Waals surface area contributed by atoms with Crippen molar-refractivity contribution in [2.24, 2.45) is 0 Å². The van der Waals surface area contributed by atoms with E-state index in [-0.39, 0.29) is 27.9 Å². The highest BCUT2D eigenvalue weighted by Gasteiger charge is 2.28. The predicted molar refractivity (Wildman–Crippen MR) is 108 cm³/mol. The summed E-state index contributed by atoms with van der Waals surface area (Å²) in [5, 5.41) is 0. The molecule has 0 fully saturated rings. The molecule has 0 aromatic heterocycles. The average Bonchev–Trinajstić information content (AvgIpc) is 2.97. The number of rotatable bonds is 4. The third kappa shape index (κ3) is 3.72. The van der Waals surface area contributed by atoms with Gasteiger partial charge < -0.3 is 8.92 Å².